The van der Waals surface area contributed by atoms with Gasteiger partial charge in [-0.1, -0.05) is 57.0 Å². The molecule has 0 saturated carbocycles. The molecule has 0 fully saturated rings. The van der Waals surface area contributed by atoms with E-state index in [1.807, 2.05) is 24.3 Å². The zero-order valence-electron chi connectivity index (χ0n) is 7.97. The van der Waals surface area contributed by atoms with Crippen molar-refractivity contribution in [2.75, 3.05) is 5.33 Å². The molecule has 0 radical (unpaired) electrons. The van der Waals surface area contributed by atoms with Crippen LogP contribution in [0.1, 0.15) is 22.8 Å². The number of carbonyl (C=O) groups excluding carboxylic acids is 1. The SMILES string of the molecule is CCc1cccc(C(=O)C(Br)CBr)c1. The highest BCUT2D eigenvalue weighted by Gasteiger charge is 2.15. The molecule has 0 aliphatic rings. The Labute approximate surface area is 101 Å². The monoisotopic (exact) mass is 318 g/mol. The van der Waals surface area contributed by atoms with Crippen LogP contribution in [-0.2, 0) is 6.42 Å². The van der Waals surface area contributed by atoms with E-state index in [1.165, 1.54) is 5.56 Å². The predicted octanol–water partition coefficient (Wildman–Crippen LogP) is 3.59. The third-order valence-electron chi connectivity index (χ3n) is 2.04. The molecule has 0 heterocycles. The van der Waals surface area contributed by atoms with Gasteiger partial charge >= 0.3 is 0 Å². The molecule has 1 aromatic rings. The second-order valence-electron chi connectivity index (χ2n) is 3.04. The minimum absolute atomic E-state index is 0.130. The number of rotatable bonds is 4. The average Bonchev–Trinajstić information content (AvgIpc) is 2.27. The first-order chi connectivity index (χ1) is 6.69. The molecular weight excluding hydrogens is 308 g/mol. The topological polar surface area (TPSA) is 17.1 Å². The van der Waals surface area contributed by atoms with E-state index in [-0.39, 0.29) is 10.6 Å². The number of alkyl halides is 2. The fraction of sp³-hybridized carbons (Fsp3) is 0.364. The lowest BCUT2D eigenvalue weighted by Crippen LogP contribution is -2.15. The number of Topliss-reactive ketones (excluding diaryl/α,β-unsaturated/α-hetero) is 1. The van der Waals surface area contributed by atoms with Crippen LogP contribution in [-0.4, -0.2) is 15.9 Å². The molecule has 0 N–H and O–H groups in total. The van der Waals surface area contributed by atoms with Gasteiger partial charge in [-0.25, -0.2) is 0 Å². The van der Waals surface area contributed by atoms with Gasteiger partial charge in [-0.3, -0.25) is 4.79 Å². The largest absolute Gasteiger partial charge is 0.293 e. The Bertz CT molecular complexity index is 323. The molecule has 14 heavy (non-hydrogen) atoms. The van der Waals surface area contributed by atoms with E-state index in [0.717, 1.165) is 12.0 Å². The Morgan fingerprint density at radius 3 is 2.79 bits per heavy atom. The third kappa shape index (κ3) is 2.92. The quantitative estimate of drug-likeness (QED) is 0.612. The Balaban J connectivity index is 2.90. The van der Waals surface area contributed by atoms with E-state index in [1.54, 1.807) is 0 Å². The molecule has 0 aromatic heterocycles. The van der Waals surface area contributed by atoms with Crippen molar-refractivity contribution in [2.24, 2.45) is 0 Å². The number of benzene rings is 1. The van der Waals surface area contributed by atoms with Gasteiger partial charge in [0.15, 0.2) is 5.78 Å². The van der Waals surface area contributed by atoms with Gasteiger partial charge < -0.3 is 0 Å². The van der Waals surface area contributed by atoms with Gasteiger partial charge in [0, 0.05) is 10.9 Å². The highest BCUT2D eigenvalue weighted by molar-refractivity contribution is 9.12. The summed E-state index contributed by atoms with van der Waals surface area (Å²) < 4.78 is 0. The van der Waals surface area contributed by atoms with Crippen LogP contribution < -0.4 is 0 Å². The maximum Gasteiger partial charge on any atom is 0.177 e. The number of aryl methyl sites for hydroxylation is 1. The van der Waals surface area contributed by atoms with Crippen LogP contribution in [0.3, 0.4) is 0 Å². The van der Waals surface area contributed by atoms with E-state index in [2.05, 4.69) is 38.8 Å². The maximum atomic E-state index is 11.8. The number of hydrogen-bond donors (Lipinski definition) is 0. The van der Waals surface area contributed by atoms with Crippen molar-refractivity contribution in [1.82, 2.24) is 0 Å². The van der Waals surface area contributed by atoms with Crippen molar-refractivity contribution in [3.63, 3.8) is 0 Å². The van der Waals surface area contributed by atoms with Crippen molar-refractivity contribution in [3.8, 4) is 0 Å². The van der Waals surface area contributed by atoms with Crippen molar-refractivity contribution in [3.05, 3.63) is 35.4 Å². The van der Waals surface area contributed by atoms with Crippen LogP contribution in [0.15, 0.2) is 24.3 Å². The molecule has 3 heteroatoms. The summed E-state index contributed by atoms with van der Waals surface area (Å²) >= 11 is 6.61. The number of ketones is 1. The first-order valence-corrected chi connectivity index (χ1v) is 6.56. The molecule has 1 atom stereocenters. The van der Waals surface area contributed by atoms with Crippen molar-refractivity contribution in [1.29, 1.82) is 0 Å². The van der Waals surface area contributed by atoms with E-state index < -0.39 is 0 Å². The summed E-state index contributed by atoms with van der Waals surface area (Å²) in [6.07, 6.45) is 0.961. The Morgan fingerprint density at radius 1 is 1.50 bits per heavy atom. The van der Waals surface area contributed by atoms with Crippen LogP contribution in [0.5, 0.6) is 0 Å². The lowest BCUT2D eigenvalue weighted by molar-refractivity contribution is 0.0997. The van der Waals surface area contributed by atoms with Gasteiger partial charge in [0.1, 0.15) is 0 Å². The Hall–Kier alpha value is -0.150. The standard InChI is InChI=1S/C11H12Br2O/c1-2-8-4-3-5-9(6-8)11(14)10(13)7-12/h3-6,10H,2,7H2,1H3. The number of carbonyl (C=O) groups is 1. The summed E-state index contributed by atoms with van der Waals surface area (Å²) in [5.74, 6) is 0.136. The molecule has 1 rings (SSSR count). The van der Waals surface area contributed by atoms with Gasteiger partial charge in [-0.2, -0.15) is 0 Å². The fourth-order valence-corrected chi connectivity index (χ4v) is 1.75. The molecule has 0 bridgehead atoms. The molecule has 0 aliphatic heterocycles. The zero-order chi connectivity index (χ0) is 10.6. The smallest absolute Gasteiger partial charge is 0.177 e. The van der Waals surface area contributed by atoms with Crippen LogP contribution in [0.25, 0.3) is 0 Å². The van der Waals surface area contributed by atoms with Gasteiger partial charge in [-0.15, -0.1) is 0 Å². The molecule has 0 aliphatic carbocycles. The summed E-state index contributed by atoms with van der Waals surface area (Å²) in [7, 11) is 0. The first-order valence-electron chi connectivity index (χ1n) is 4.52. The van der Waals surface area contributed by atoms with Crippen LogP contribution in [0.4, 0.5) is 0 Å². The van der Waals surface area contributed by atoms with Gasteiger partial charge in [0.05, 0.1) is 4.83 Å². The molecule has 0 saturated heterocycles. The first kappa shape index (κ1) is 11.9. The van der Waals surface area contributed by atoms with E-state index in [4.69, 9.17) is 0 Å². The zero-order valence-corrected chi connectivity index (χ0v) is 11.1. The Morgan fingerprint density at radius 2 is 2.21 bits per heavy atom. The van der Waals surface area contributed by atoms with Crippen molar-refractivity contribution >= 4 is 37.6 Å². The number of hydrogen-bond acceptors (Lipinski definition) is 1. The summed E-state index contributed by atoms with van der Waals surface area (Å²) in [5, 5.41) is 0.641. The van der Waals surface area contributed by atoms with Crippen molar-refractivity contribution in [2.45, 2.75) is 18.2 Å². The minimum atomic E-state index is -0.130. The fourth-order valence-electron chi connectivity index (χ4n) is 1.20. The van der Waals surface area contributed by atoms with Gasteiger partial charge in [0.25, 0.3) is 0 Å². The van der Waals surface area contributed by atoms with E-state index in [9.17, 15) is 4.79 Å². The molecule has 76 valence electrons. The van der Waals surface area contributed by atoms with Crippen LogP contribution in [0.2, 0.25) is 0 Å². The summed E-state index contributed by atoms with van der Waals surface area (Å²) in [5.41, 5.74) is 1.98. The van der Waals surface area contributed by atoms with Crippen LogP contribution in [0, 0.1) is 0 Å². The molecule has 1 unspecified atom stereocenters. The third-order valence-corrected chi connectivity index (χ3v) is 4.30. The van der Waals surface area contributed by atoms with E-state index >= 15 is 0 Å². The summed E-state index contributed by atoms with van der Waals surface area (Å²) in [4.78, 5) is 11.6. The lowest BCUT2D eigenvalue weighted by Gasteiger charge is -2.06. The Kier molecular flexibility index (Phi) is 4.82. The highest BCUT2D eigenvalue weighted by atomic mass is 79.9. The average molecular weight is 320 g/mol. The van der Waals surface area contributed by atoms with Gasteiger partial charge in [-0.05, 0) is 18.1 Å². The highest BCUT2D eigenvalue weighted by Crippen LogP contribution is 2.14. The summed E-state index contributed by atoms with van der Waals surface area (Å²) in [6.45, 7) is 2.08. The number of halogens is 2. The molecule has 1 aromatic carbocycles. The van der Waals surface area contributed by atoms with Crippen molar-refractivity contribution < 1.29 is 4.79 Å². The molecule has 1 nitrogen and oxygen atoms in total. The van der Waals surface area contributed by atoms with Gasteiger partial charge in [0.2, 0.25) is 0 Å². The normalized spacial score (nSPS) is 12.5. The van der Waals surface area contributed by atoms with E-state index in [0.29, 0.717) is 5.33 Å². The second-order valence-corrected chi connectivity index (χ2v) is 4.79. The molecular formula is C11H12Br2O. The van der Waals surface area contributed by atoms with Crippen LogP contribution >= 0.6 is 31.9 Å². The maximum absolute atomic E-state index is 11.8. The minimum Gasteiger partial charge on any atom is -0.293 e. The lowest BCUT2D eigenvalue weighted by atomic mass is 10.0. The summed E-state index contributed by atoms with van der Waals surface area (Å²) in [6, 6.07) is 7.78. The predicted molar refractivity (Wildman–Crippen MR) is 66.7 cm³/mol. The second kappa shape index (κ2) is 5.66. The molecule has 0 spiro atoms. The molecule has 0 amide bonds.